The summed E-state index contributed by atoms with van der Waals surface area (Å²) in [5.41, 5.74) is 0. The number of fused-ring (bicyclic) bond motifs is 1. The second kappa shape index (κ2) is 9.41. The molecule has 1 atom stereocenters. The molecule has 2 saturated heterocycles. The largest absolute Gasteiger partial charge is 0.459 e. The van der Waals surface area contributed by atoms with Crippen molar-refractivity contribution in [1.82, 2.24) is 29.8 Å². The van der Waals surface area contributed by atoms with Gasteiger partial charge >= 0.3 is 12.0 Å². The monoisotopic (exact) mass is 517 g/mol. The van der Waals surface area contributed by atoms with E-state index in [2.05, 4.69) is 14.8 Å². The molecule has 3 aliphatic rings. The topological polar surface area (TPSA) is 118 Å². The normalized spacial score (nSPS) is 20.7. The molecule has 1 unspecified atom stereocenters. The first-order valence-corrected chi connectivity index (χ1v) is 12.9. The van der Waals surface area contributed by atoms with Crippen LogP contribution in [0, 0.1) is 6.92 Å². The van der Waals surface area contributed by atoms with Crippen LogP contribution in [0.3, 0.4) is 0 Å². The van der Waals surface area contributed by atoms with Crippen molar-refractivity contribution in [3.8, 4) is 0 Å². The van der Waals surface area contributed by atoms with Gasteiger partial charge in [0, 0.05) is 19.8 Å². The molecule has 2 fully saturated rings. The van der Waals surface area contributed by atoms with E-state index < -0.39 is 12.1 Å². The number of likely N-dealkylation sites (N-methyl/N-ethyl adjacent to an activating group) is 2. The molecule has 0 aromatic carbocycles. The molecule has 12 nitrogen and oxygen atoms in total. The van der Waals surface area contributed by atoms with Crippen molar-refractivity contribution in [1.29, 1.82) is 0 Å². The minimum Gasteiger partial charge on any atom is -0.459 e. The van der Waals surface area contributed by atoms with E-state index in [0.29, 0.717) is 56.0 Å². The molecular weight excluding hydrogens is 492 g/mol. The zero-order valence-corrected chi connectivity index (χ0v) is 21.2. The van der Waals surface area contributed by atoms with Gasteiger partial charge in [-0.05, 0) is 19.1 Å². The lowest BCUT2D eigenvalue weighted by Gasteiger charge is -2.33. The Morgan fingerprint density at radius 2 is 2.00 bits per heavy atom. The maximum Gasteiger partial charge on any atom is 0.392 e. The zero-order valence-electron chi connectivity index (χ0n) is 19.6. The molecule has 5 rings (SSSR count). The maximum absolute atomic E-state index is 13.1. The quantitative estimate of drug-likeness (QED) is 0.419. The number of nitrogens with zero attached hydrogens (tertiary/aromatic N) is 8. The highest BCUT2D eigenvalue weighted by atomic mass is 32.2. The Bertz CT molecular complexity index is 1210. The third-order valence-corrected chi connectivity index (χ3v) is 8.11. The van der Waals surface area contributed by atoms with E-state index in [-0.39, 0.29) is 11.8 Å². The fraction of sp³-hybridized carbons (Fsp3) is 0.476. The van der Waals surface area contributed by atoms with Gasteiger partial charge in [0.25, 0.3) is 11.8 Å². The van der Waals surface area contributed by atoms with Crippen LogP contribution in [0.2, 0.25) is 0 Å². The van der Waals surface area contributed by atoms with Gasteiger partial charge in [0.15, 0.2) is 10.1 Å². The summed E-state index contributed by atoms with van der Waals surface area (Å²) in [6, 6.07) is 2.28. The van der Waals surface area contributed by atoms with Crippen molar-refractivity contribution in [3.63, 3.8) is 0 Å². The lowest BCUT2D eigenvalue weighted by molar-refractivity contribution is -0.543. The van der Waals surface area contributed by atoms with E-state index in [0.717, 1.165) is 14.2 Å². The molecule has 14 heteroatoms. The summed E-state index contributed by atoms with van der Waals surface area (Å²) in [7, 11) is 3.13. The lowest BCUT2D eigenvalue weighted by atomic mass is 10.1. The molecule has 0 saturated carbocycles. The molecular formula is C21H25N8O4S2+. The second-order valence-corrected chi connectivity index (χ2v) is 10.8. The van der Waals surface area contributed by atoms with Crippen LogP contribution in [0.25, 0.3) is 0 Å². The SMILES string of the molecule is Cc1nnc(SCCN2C(=[N+]3CCN(C(=O)c4ccco4)CC3)N=C3C2C(=O)N(C)C(=O)N3C)s1. The van der Waals surface area contributed by atoms with E-state index >= 15 is 0 Å². The average Bonchev–Trinajstić information content (AvgIpc) is 3.62. The molecule has 5 heterocycles. The minimum atomic E-state index is -0.669. The summed E-state index contributed by atoms with van der Waals surface area (Å²) in [6.07, 6.45) is 1.49. The predicted octanol–water partition coefficient (Wildman–Crippen LogP) is 0.663. The van der Waals surface area contributed by atoms with E-state index in [1.807, 2.05) is 11.8 Å². The van der Waals surface area contributed by atoms with Crippen LogP contribution in [0.1, 0.15) is 15.6 Å². The first-order chi connectivity index (χ1) is 16.8. The highest BCUT2D eigenvalue weighted by Gasteiger charge is 2.55. The Balaban J connectivity index is 1.38. The number of carbonyl (C=O) groups is 3. The molecule has 35 heavy (non-hydrogen) atoms. The molecule has 2 aromatic heterocycles. The number of furan rings is 1. The molecule has 4 amide bonds. The first-order valence-electron chi connectivity index (χ1n) is 11.1. The molecule has 184 valence electrons. The number of amides is 4. The maximum atomic E-state index is 13.1. The Morgan fingerprint density at radius 3 is 2.66 bits per heavy atom. The number of guanidine groups is 1. The number of urea groups is 1. The van der Waals surface area contributed by atoms with Gasteiger partial charge in [-0.15, -0.1) is 10.2 Å². The predicted molar refractivity (Wildman–Crippen MR) is 129 cm³/mol. The van der Waals surface area contributed by atoms with Crippen molar-refractivity contribution in [2.45, 2.75) is 17.3 Å². The van der Waals surface area contributed by atoms with Gasteiger partial charge in [-0.25, -0.2) is 9.69 Å². The van der Waals surface area contributed by atoms with Crippen LogP contribution in [0.5, 0.6) is 0 Å². The lowest BCUT2D eigenvalue weighted by Crippen LogP contribution is -2.63. The smallest absolute Gasteiger partial charge is 0.392 e. The summed E-state index contributed by atoms with van der Waals surface area (Å²) in [6.45, 7) is 4.53. The van der Waals surface area contributed by atoms with Gasteiger partial charge in [-0.2, -0.15) is 0 Å². The van der Waals surface area contributed by atoms with E-state index in [4.69, 9.17) is 9.41 Å². The minimum absolute atomic E-state index is 0.145. The third-order valence-electron chi connectivity index (χ3n) is 6.16. The number of hydrogen-bond acceptors (Lipinski definition) is 8. The fourth-order valence-corrected chi connectivity index (χ4v) is 6.13. The van der Waals surface area contributed by atoms with E-state index in [1.165, 1.54) is 29.5 Å². The Morgan fingerprint density at radius 1 is 1.23 bits per heavy atom. The number of aryl methyl sites for hydroxylation is 1. The van der Waals surface area contributed by atoms with Gasteiger partial charge < -0.3 is 9.32 Å². The van der Waals surface area contributed by atoms with E-state index in [1.54, 1.807) is 35.8 Å². The fourth-order valence-electron chi connectivity index (χ4n) is 4.30. The Kier molecular flexibility index (Phi) is 6.32. The summed E-state index contributed by atoms with van der Waals surface area (Å²) in [4.78, 5) is 49.4. The first kappa shape index (κ1) is 23.5. The van der Waals surface area contributed by atoms with Crippen LogP contribution in [0.15, 0.2) is 32.1 Å². The highest BCUT2D eigenvalue weighted by Crippen LogP contribution is 2.26. The van der Waals surface area contributed by atoms with Gasteiger partial charge in [0.1, 0.15) is 5.01 Å². The number of hydrogen-bond donors (Lipinski definition) is 0. The molecule has 0 aliphatic carbocycles. The number of aliphatic imine (C=N–C) groups is 1. The van der Waals surface area contributed by atoms with Crippen LogP contribution >= 0.6 is 23.1 Å². The van der Waals surface area contributed by atoms with Crippen LogP contribution in [-0.4, -0.2) is 123 Å². The number of thioether (sulfide) groups is 1. The van der Waals surface area contributed by atoms with Crippen molar-refractivity contribution in [3.05, 3.63) is 29.2 Å². The van der Waals surface area contributed by atoms with Crippen LogP contribution in [-0.2, 0) is 4.79 Å². The Labute approximate surface area is 209 Å². The second-order valence-electron chi connectivity index (χ2n) is 8.30. The summed E-state index contributed by atoms with van der Waals surface area (Å²) in [5.74, 6) is 1.62. The van der Waals surface area contributed by atoms with Gasteiger partial charge in [0.2, 0.25) is 11.9 Å². The van der Waals surface area contributed by atoms with Crippen LogP contribution in [0.4, 0.5) is 4.79 Å². The number of amidine groups is 1. The number of rotatable bonds is 5. The van der Waals surface area contributed by atoms with Crippen molar-refractivity contribution in [2.75, 3.05) is 52.6 Å². The van der Waals surface area contributed by atoms with Gasteiger partial charge in [0.05, 0.1) is 39.0 Å². The molecule has 0 radical (unpaired) electrons. The molecule has 2 aromatic rings. The average molecular weight is 518 g/mol. The number of carbonyl (C=O) groups excluding carboxylic acids is 3. The molecule has 3 aliphatic heterocycles. The number of imide groups is 1. The molecule has 0 bridgehead atoms. The highest BCUT2D eigenvalue weighted by molar-refractivity contribution is 8.01. The van der Waals surface area contributed by atoms with Crippen molar-refractivity contribution < 1.29 is 23.4 Å². The number of aromatic nitrogens is 2. The Hall–Kier alpha value is -3.26. The number of piperazine rings is 1. The summed E-state index contributed by atoms with van der Waals surface area (Å²) >= 11 is 3.10. The van der Waals surface area contributed by atoms with Crippen molar-refractivity contribution in [2.24, 2.45) is 4.99 Å². The molecule has 0 N–H and O–H groups in total. The molecule has 0 spiro atoms. The summed E-state index contributed by atoms with van der Waals surface area (Å²) < 4.78 is 8.19. The standard InChI is InChI=1S/C21H25N8O4S2/c1-13-23-24-20(35-13)34-12-10-29-15-16(25(2)21(32)26(3)18(15)31)22-19(29)28-8-6-27(7-9-28)17(30)14-5-4-11-33-14/h4-5,11,15H,6-10,12H2,1-3H3/q+1. The van der Waals surface area contributed by atoms with Gasteiger partial charge in [-0.1, -0.05) is 28.1 Å². The van der Waals surface area contributed by atoms with Gasteiger partial charge in [-0.3, -0.25) is 24.0 Å². The van der Waals surface area contributed by atoms with Crippen molar-refractivity contribution >= 4 is 52.7 Å². The van der Waals surface area contributed by atoms with E-state index in [9.17, 15) is 14.4 Å². The van der Waals surface area contributed by atoms with Crippen LogP contribution < -0.4 is 0 Å². The zero-order chi connectivity index (χ0) is 24.7. The third kappa shape index (κ3) is 4.31. The summed E-state index contributed by atoms with van der Waals surface area (Å²) in [5, 5.41) is 9.11.